The minimum Gasteiger partial charge on any atom is -0.338 e. The summed E-state index contributed by atoms with van der Waals surface area (Å²) in [5.74, 6) is 0.134. The third-order valence-corrected chi connectivity index (χ3v) is 5.02. The zero-order chi connectivity index (χ0) is 17.5. The van der Waals surface area contributed by atoms with E-state index in [1.165, 1.54) is 10.5 Å². The minimum absolute atomic E-state index is 0.0768. The highest BCUT2D eigenvalue weighted by molar-refractivity contribution is 7.98. The molecule has 0 aliphatic rings. The number of carbonyl (C=O) groups is 1. The van der Waals surface area contributed by atoms with E-state index in [1.807, 2.05) is 37.2 Å². The van der Waals surface area contributed by atoms with Gasteiger partial charge < -0.3 is 4.90 Å². The van der Waals surface area contributed by atoms with E-state index in [1.54, 1.807) is 11.8 Å². The summed E-state index contributed by atoms with van der Waals surface area (Å²) in [5.41, 5.74) is 2.38. The molecule has 1 unspecified atom stereocenters. The Balaban J connectivity index is 1.90. The van der Waals surface area contributed by atoms with E-state index in [-0.39, 0.29) is 11.9 Å². The van der Waals surface area contributed by atoms with Crippen LogP contribution in [0.25, 0.3) is 0 Å². The summed E-state index contributed by atoms with van der Waals surface area (Å²) in [6, 6.07) is 18.7. The molecule has 0 aliphatic carbocycles. The van der Waals surface area contributed by atoms with Gasteiger partial charge in [0.15, 0.2) is 0 Å². The van der Waals surface area contributed by atoms with Gasteiger partial charge in [0.25, 0.3) is 0 Å². The van der Waals surface area contributed by atoms with Crippen molar-refractivity contribution in [2.45, 2.75) is 24.4 Å². The van der Waals surface area contributed by atoms with Gasteiger partial charge in [-0.2, -0.15) is 0 Å². The van der Waals surface area contributed by atoms with Crippen LogP contribution in [0.3, 0.4) is 0 Å². The van der Waals surface area contributed by atoms with Crippen LogP contribution >= 0.6 is 11.8 Å². The molecule has 0 spiro atoms. The van der Waals surface area contributed by atoms with E-state index >= 15 is 0 Å². The molecular formula is C20H26N2OS. The number of hydrogen-bond acceptors (Lipinski definition) is 3. The highest BCUT2D eigenvalue weighted by Gasteiger charge is 2.18. The highest BCUT2D eigenvalue weighted by Crippen LogP contribution is 2.19. The fraction of sp³-hybridized carbons (Fsp3) is 0.350. The lowest BCUT2D eigenvalue weighted by Crippen LogP contribution is -2.37. The Morgan fingerprint density at radius 2 is 1.67 bits per heavy atom. The van der Waals surface area contributed by atoms with E-state index in [0.29, 0.717) is 6.54 Å². The SMILES string of the molecule is CSc1ccc(CN(C)CC(=O)N(C)C(C)c2ccccc2)cc1. The monoisotopic (exact) mass is 342 g/mol. The zero-order valence-electron chi connectivity index (χ0n) is 14.9. The van der Waals surface area contributed by atoms with Crippen molar-refractivity contribution >= 4 is 17.7 Å². The molecule has 128 valence electrons. The van der Waals surface area contributed by atoms with E-state index in [2.05, 4.69) is 54.5 Å². The van der Waals surface area contributed by atoms with Gasteiger partial charge in [-0.05, 0) is 43.5 Å². The second kappa shape index (κ2) is 8.90. The van der Waals surface area contributed by atoms with Crippen molar-refractivity contribution < 1.29 is 4.79 Å². The van der Waals surface area contributed by atoms with Crippen molar-refractivity contribution in [1.82, 2.24) is 9.80 Å². The molecule has 1 amide bonds. The summed E-state index contributed by atoms with van der Waals surface area (Å²) in [6.07, 6.45) is 2.07. The van der Waals surface area contributed by atoms with Crippen LogP contribution in [-0.2, 0) is 11.3 Å². The summed E-state index contributed by atoms with van der Waals surface area (Å²) in [7, 11) is 3.86. The minimum atomic E-state index is 0.0768. The fourth-order valence-corrected chi connectivity index (χ4v) is 3.02. The molecule has 0 saturated carbocycles. The number of amides is 1. The average molecular weight is 343 g/mol. The molecular weight excluding hydrogens is 316 g/mol. The first-order chi connectivity index (χ1) is 11.5. The molecule has 2 rings (SSSR count). The zero-order valence-corrected chi connectivity index (χ0v) is 15.7. The summed E-state index contributed by atoms with van der Waals surface area (Å²) in [4.78, 5) is 17.7. The Hall–Kier alpha value is -1.78. The van der Waals surface area contributed by atoms with Gasteiger partial charge >= 0.3 is 0 Å². The van der Waals surface area contributed by atoms with Gasteiger partial charge in [-0.15, -0.1) is 11.8 Å². The van der Waals surface area contributed by atoms with Crippen LogP contribution in [0.15, 0.2) is 59.5 Å². The van der Waals surface area contributed by atoms with Gasteiger partial charge in [-0.25, -0.2) is 0 Å². The summed E-state index contributed by atoms with van der Waals surface area (Å²) in [5, 5.41) is 0. The number of hydrogen-bond donors (Lipinski definition) is 0. The number of benzene rings is 2. The van der Waals surface area contributed by atoms with Crippen molar-refractivity contribution in [3.63, 3.8) is 0 Å². The van der Waals surface area contributed by atoms with Crippen LogP contribution in [0.2, 0.25) is 0 Å². The number of likely N-dealkylation sites (N-methyl/N-ethyl adjacent to an activating group) is 2. The maximum Gasteiger partial charge on any atom is 0.236 e. The predicted molar refractivity (Wildman–Crippen MR) is 102 cm³/mol. The fourth-order valence-electron chi connectivity index (χ4n) is 2.61. The topological polar surface area (TPSA) is 23.6 Å². The largest absolute Gasteiger partial charge is 0.338 e. The van der Waals surface area contributed by atoms with E-state index in [4.69, 9.17) is 0 Å². The van der Waals surface area contributed by atoms with Crippen LogP contribution in [0.1, 0.15) is 24.1 Å². The number of carbonyl (C=O) groups excluding carboxylic acids is 1. The lowest BCUT2D eigenvalue weighted by Gasteiger charge is -2.27. The quantitative estimate of drug-likeness (QED) is 0.709. The molecule has 2 aromatic carbocycles. The van der Waals surface area contributed by atoms with Crippen molar-refractivity contribution in [3.8, 4) is 0 Å². The molecule has 0 aromatic heterocycles. The number of nitrogens with zero attached hydrogens (tertiary/aromatic N) is 2. The van der Waals surface area contributed by atoms with Crippen molar-refractivity contribution in [3.05, 3.63) is 65.7 Å². The summed E-state index contributed by atoms with van der Waals surface area (Å²) in [6.45, 7) is 3.25. The normalized spacial score (nSPS) is 12.2. The first-order valence-corrected chi connectivity index (χ1v) is 9.36. The van der Waals surface area contributed by atoms with Crippen LogP contribution in [-0.4, -0.2) is 42.6 Å². The molecule has 0 aliphatic heterocycles. The van der Waals surface area contributed by atoms with Gasteiger partial charge in [-0.1, -0.05) is 42.5 Å². The van der Waals surface area contributed by atoms with Gasteiger partial charge in [0.05, 0.1) is 12.6 Å². The van der Waals surface area contributed by atoms with E-state index in [0.717, 1.165) is 12.1 Å². The maximum absolute atomic E-state index is 12.5. The molecule has 0 saturated heterocycles. The molecule has 4 heteroatoms. The second-order valence-corrected chi connectivity index (χ2v) is 6.99. The Kier molecular flexibility index (Phi) is 6.88. The maximum atomic E-state index is 12.5. The highest BCUT2D eigenvalue weighted by atomic mass is 32.2. The Morgan fingerprint density at radius 3 is 2.25 bits per heavy atom. The Labute approximate surface area is 149 Å². The molecule has 0 N–H and O–H groups in total. The molecule has 0 bridgehead atoms. The van der Waals surface area contributed by atoms with Crippen molar-refractivity contribution in [1.29, 1.82) is 0 Å². The first kappa shape index (κ1) is 18.6. The molecule has 0 heterocycles. The van der Waals surface area contributed by atoms with Crippen molar-refractivity contribution in [2.75, 3.05) is 26.9 Å². The Bertz CT molecular complexity index is 642. The average Bonchev–Trinajstić information content (AvgIpc) is 2.61. The summed E-state index contributed by atoms with van der Waals surface area (Å²) >= 11 is 1.74. The van der Waals surface area contributed by atoms with Gasteiger partial charge in [-0.3, -0.25) is 9.69 Å². The number of rotatable bonds is 7. The van der Waals surface area contributed by atoms with Crippen LogP contribution in [0, 0.1) is 0 Å². The first-order valence-electron chi connectivity index (χ1n) is 8.13. The lowest BCUT2D eigenvalue weighted by molar-refractivity contribution is -0.132. The number of thioether (sulfide) groups is 1. The second-order valence-electron chi connectivity index (χ2n) is 6.11. The molecule has 3 nitrogen and oxygen atoms in total. The van der Waals surface area contributed by atoms with Crippen molar-refractivity contribution in [2.24, 2.45) is 0 Å². The van der Waals surface area contributed by atoms with Crippen LogP contribution in [0.5, 0.6) is 0 Å². The van der Waals surface area contributed by atoms with E-state index in [9.17, 15) is 4.79 Å². The Morgan fingerprint density at radius 1 is 1.04 bits per heavy atom. The smallest absolute Gasteiger partial charge is 0.236 e. The molecule has 1 atom stereocenters. The standard InChI is InChI=1S/C20H26N2OS/c1-16(18-8-6-5-7-9-18)22(3)20(23)15-21(2)14-17-10-12-19(24-4)13-11-17/h5-13,16H,14-15H2,1-4H3. The van der Waals surface area contributed by atoms with Crippen LogP contribution in [0.4, 0.5) is 0 Å². The van der Waals surface area contributed by atoms with Gasteiger partial charge in [0.1, 0.15) is 0 Å². The molecule has 0 radical (unpaired) electrons. The summed E-state index contributed by atoms with van der Waals surface area (Å²) < 4.78 is 0. The predicted octanol–water partition coefficient (Wildman–Crippen LogP) is 4.06. The third-order valence-electron chi connectivity index (χ3n) is 4.27. The van der Waals surface area contributed by atoms with E-state index < -0.39 is 0 Å². The lowest BCUT2D eigenvalue weighted by atomic mass is 10.1. The third kappa shape index (κ3) is 5.11. The molecule has 24 heavy (non-hydrogen) atoms. The van der Waals surface area contributed by atoms with Gasteiger partial charge in [0.2, 0.25) is 5.91 Å². The van der Waals surface area contributed by atoms with Crippen LogP contribution < -0.4 is 0 Å². The molecule has 2 aromatic rings. The molecule has 0 fully saturated rings. The van der Waals surface area contributed by atoms with Gasteiger partial charge in [0, 0.05) is 18.5 Å².